The lowest BCUT2D eigenvalue weighted by Crippen LogP contribution is -2.37. The minimum atomic E-state index is -0.499. The van der Waals surface area contributed by atoms with Crippen LogP contribution in [-0.2, 0) is 4.74 Å². The number of nitrogens with zero attached hydrogens (tertiary/aromatic N) is 7. The molecule has 1 amide bonds. The summed E-state index contributed by atoms with van der Waals surface area (Å²) in [5.41, 5.74) is 6.84. The zero-order valence-corrected chi connectivity index (χ0v) is 14.7. The second-order valence-corrected chi connectivity index (χ2v) is 6.02. The van der Waals surface area contributed by atoms with Gasteiger partial charge in [-0.2, -0.15) is 15.1 Å². The Bertz CT molecular complexity index is 1010. The maximum atomic E-state index is 12.2. The van der Waals surface area contributed by atoms with E-state index in [1.807, 2.05) is 0 Å². The number of carbonyl (C=O) groups excluding carboxylic acids is 1. The summed E-state index contributed by atoms with van der Waals surface area (Å²) in [6.45, 7) is 4.09. The molecule has 1 saturated heterocycles. The van der Waals surface area contributed by atoms with Gasteiger partial charge < -0.3 is 15.4 Å². The van der Waals surface area contributed by atoms with Crippen molar-refractivity contribution in [2.24, 2.45) is 10.7 Å². The van der Waals surface area contributed by atoms with Gasteiger partial charge in [0.1, 0.15) is 17.0 Å². The van der Waals surface area contributed by atoms with Crippen molar-refractivity contribution in [3.63, 3.8) is 0 Å². The Balaban J connectivity index is 1.87. The van der Waals surface area contributed by atoms with E-state index in [2.05, 4.69) is 29.9 Å². The summed E-state index contributed by atoms with van der Waals surface area (Å²) in [5, 5.41) is 4.20. The van der Waals surface area contributed by atoms with Crippen LogP contribution in [0, 0.1) is 0 Å². The first-order valence-corrected chi connectivity index (χ1v) is 8.48. The molecule has 0 aromatic carbocycles. The monoisotopic (exact) mass is 366 g/mol. The zero-order valence-electron chi connectivity index (χ0n) is 14.7. The lowest BCUT2D eigenvalue weighted by atomic mass is 10.2. The number of carbonyl (C=O) groups is 1. The molecule has 0 atom stereocenters. The van der Waals surface area contributed by atoms with Gasteiger partial charge in [-0.1, -0.05) is 0 Å². The molecule has 0 spiro atoms. The van der Waals surface area contributed by atoms with Crippen LogP contribution in [0.3, 0.4) is 0 Å². The average molecular weight is 366 g/mol. The number of amides is 1. The summed E-state index contributed by atoms with van der Waals surface area (Å²) in [6.07, 6.45) is 3.43. The fraction of sp³-hybridized carbons (Fsp3) is 0.294. The molecule has 0 unspecified atom stereocenters. The molecule has 10 heteroatoms. The minimum absolute atomic E-state index is 0.181. The molecule has 0 aliphatic carbocycles. The van der Waals surface area contributed by atoms with Crippen molar-refractivity contribution in [3.05, 3.63) is 36.3 Å². The molecule has 0 radical (unpaired) electrons. The summed E-state index contributed by atoms with van der Waals surface area (Å²) >= 11 is 0. The van der Waals surface area contributed by atoms with Crippen LogP contribution in [0.4, 0.5) is 5.82 Å². The maximum absolute atomic E-state index is 12.2. The molecule has 4 heterocycles. The first-order chi connectivity index (χ1) is 13.1. The van der Waals surface area contributed by atoms with Gasteiger partial charge in [0.05, 0.1) is 18.7 Å². The van der Waals surface area contributed by atoms with Gasteiger partial charge in [0.15, 0.2) is 5.82 Å². The largest absolute Gasteiger partial charge is 0.387 e. The minimum Gasteiger partial charge on any atom is -0.387 e. The number of amidine groups is 1. The standard InChI is InChI=1S/C17H18N8O2/c1-11(18)20-16(26)13-4-3-12-14(21-13)15(24-7-9-27-10-8-24)23-17(22-12)25-6-2-5-19-25/h2-6H,7-10H2,1H3,(H2,18,20,26). The average Bonchev–Trinajstić information content (AvgIpc) is 3.21. The normalized spacial score (nSPS) is 15.3. The van der Waals surface area contributed by atoms with Crippen LogP contribution in [0.5, 0.6) is 0 Å². The van der Waals surface area contributed by atoms with E-state index in [1.54, 1.807) is 42.2 Å². The Kier molecular flexibility index (Phi) is 4.47. The molecule has 0 bridgehead atoms. The van der Waals surface area contributed by atoms with Crippen LogP contribution < -0.4 is 10.6 Å². The van der Waals surface area contributed by atoms with E-state index in [1.165, 1.54) is 0 Å². The fourth-order valence-electron chi connectivity index (χ4n) is 2.81. The van der Waals surface area contributed by atoms with Crippen molar-refractivity contribution < 1.29 is 9.53 Å². The Morgan fingerprint density at radius 3 is 2.74 bits per heavy atom. The van der Waals surface area contributed by atoms with Crippen LogP contribution in [-0.4, -0.2) is 62.8 Å². The van der Waals surface area contributed by atoms with Crippen LogP contribution in [0.2, 0.25) is 0 Å². The van der Waals surface area contributed by atoms with Gasteiger partial charge >= 0.3 is 0 Å². The predicted molar refractivity (Wildman–Crippen MR) is 99.1 cm³/mol. The van der Waals surface area contributed by atoms with Crippen LogP contribution >= 0.6 is 0 Å². The summed E-state index contributed by atoms with van der Waals surface area (Å²) in [4.78, 5) is 31.7. The molecule has 3 aromatic rings. The fourth-order valence-corrected chi connectivity index (χ4v) is 2.81. The Hall–Kier alpha value is -3.40. The quantitative estimate of drug-likeness (QED) is 0.527. The van der Waals surface area contributed by atoms with E-state index in [0.29, 0.717) is 49.1 Å². The molecular weight excluding hydrogens is 348 g/mol. The second kappa shape index (κ2) is 7.08. The van der Waals surface area contributed by atoms with E-state index >= 15 is 0 Å². The van der Waals surface area contributed by atoms with E-state index in [9.17, 15) is 4.79 Å². The highest BCUT2D eigenvalue weighted by Gasteiger charge is 2.20. The molecule has 4 rings (SSSR count). The number of fused-ring (bicyclic) bond motifs is 1. The lowest BCUT2D eigenvalue weighted by molar-refractivity contribution is 0.0998. The third-order valence-electron chi connectivity index (χ3n) is 4.03. The first kappa shape index (κ1) is 17.0. The number of aliphatic imine (C=N–C) groups is 1. The van der Waals surface area contributed by atoms with Crippen LogP contribution in [0.15, 0.2) is 35.6 Å². The SMILES string of the molecule is CC(N)=NC(=O)c1ccc2nc(-n3cccn3)nc(N3CCOCC3)c2n1. The first-order valence-electron chi connectivity index (χ1n) is 8.48. The summed E-state index contributed by atoms with van der Waals surface area (Å²) < 4.78 is 7.02. The number of rotatable bonds is 3. The highest BCUT2D eigenvalue weighted by molar-refractivity contribution is 6.02. The molecular formula is C17H18N8O2. The number of pyridine rings is 1. The van der Waals surface area contributed by atoms with Crippen molar-refractivity contribution in [1.29, 1.82) is 0 Å². The molecule has 2 N–H and O–H groups in total. The number of anilines is 1. The Morgan fingerprint density at radius 1 is 1.22 bits per heavy atom. The van der Waals surface area contributed by atoms with Crippen LogP contribution in [0.1, 0.15) is 17.4 Å². The van der Waals surface area contributed by atoms with Crippen molar-refractivity contribution >= 4 is 28.6 Å². The molecule has 0 saturated carbocycles. The van der Waals surface area contributed by atoms with Gasteiger partial charge in [-0.15, -0.1) is 0 Å². The van der Waals surface area contributed by atoms with E-state index < -0.39 is 5.91 Å². The number of ether oxygens (including phenoxy) is 1. The topological polar surface area (TPSA) is 124 Å². The Morgan fingerprint density at radius 2 is 2.04 bits per heavy atom. The van der Waals surface area contributed by atoms with Gasteiger partial charge in [0.25, 0.3) is 11.9 Å². The highest BCUT2D eigenvalue weighted by Crippen LogP contribution is 2.24. The molecule has 138 valence electrons. The summed E-state index contributed by atoms with van der Waals surface area (Å²) in [7, 11) is 0. The number of morpholine rings is 1. The number of hydrogen-bond donors (Lipinski definition) is 1. The lowest BCUT2D eigenvalue weighted by Gasteiger charge is -2.28. The van der Waals surface area contributed by atoms with Crippen molar-refractivity contribution in [2.75, 3.05) is 31.2 Å². The highest BCUT2D eigenvalue weighted by atomic mass is 16.5. The molecule has 1 aliphatic heterocycles. The smallest absolute Gasteiger partial charge is 0.297 e. The van der Waals surface area contributed by atoms with Crippen molar-refractivity contribution in [2.45, 2.75) is 6.92 Å². The van der Waals surface area contributed by atoms with Gasteiger partial charge in [0.2, 0.25) is 0 Å². The third kappa shape index (κ3) is 3.47. The van der Waals surface area contributed by atoms with Gasteiger partial charge in [-0.05, 0) is 25.1 Å². The van der Waals surface area contributed by atoms with Crippen molar-refractivity contribution in [1.82, 2.24) is 24.7 Å². The van der Waals surface area contributed by atoms with Crippen molar-refractivity contribution in [3.8, 4) is 5.95 Å². The van der Waals surface area contributed by atoms with Gasteiger partial charge in [-0.3, -0.25) is 4.79 Å². The van der Waals surface area contributed by atoms with E-state index in [-0.39, 0.29) is 11.5 Å². The molecule has 27 heavy (non-hydrogen) atoms. The summed E-state index contributed by atoms with van der Waals surface area (Å²) in [6, 6.07) is 5.12. The molecule has 10 nitrogen and oxygen atoms in total. The predicted octanol–water partition coefficient (Wildman–Crippen LogP) is 0.564. The maximum Gasteiger partial charge on any atom is 0.297 e. The molecule has 1 fully saturated rings. The Labute approximate surface area is 154 Å². The van der Waals surface area contributed by atoms with Gasteiger partial charge in [0, 0.05) is 25.5 Å². The summed E-state index contributed by atoms with van der Waals surface area (Å²) in [5.74, 6) is 0.754. The van der Waals surface area contributed by atoms with E-state index in [0.717, 1.165) is 0 Å². The molecule has 3 aromatic heterocycles. The van der Waals surface area contributed by atoms with E-state index in [4.69, 9.17) is 10.5 Å². The van der Waals surface area contributed by atoms with Gasteiger partial charge in [-0.25, -0.2) is 14.6 Å². The van der Waals surface area contributed by atoms with Crippen LogP contribution in [0.25, 0.3) is 17.0 Å². The zero-order chi connectivity index (χ0) is 18.8. The number of hydrogen-bond acceptors (Lipinski definition) is 7. The number of aromatic nitrogens is 5. The third-order valence-corrected chi connectivity index (χ3v) is 4.03. The second-order valence-electron chi connectivity index (χ2n) is 6.02. The number of nitrogens with two attached hydrogens (primary N) is 1. The molecule has 1 aliphatic rings.